The highest BCUT2D eigenvalue weighted by Crippen LogP contribution is 2.42. The normalized spacial score (nSPS) is 15.8. The van der Waals surface area contributed by atoms with E-state index in [-0.39, 0.29) is 11.3 Å². The van der Waals surface area contributed by atoms with Gasteiger partial charge in [-0.3, -0.25) is 4.79 Å². The molecule has 1 fully saturated rings. The first-order chi connectivity index (χ1) is 16.9. The van der Waals surface area contributed by atoms with Crippen molar-refractivity contribution in [1.82, 2.24) is 9.88 Å². The summed E-state index contributed by atoms with van der Waals surface area (Å²) in [7, 11) is 1.65. The van der Waals surface area contributed by atoms with Gasteiger partial charge in [0.15, 0.2) is 0 Å². The van der Waals surface area contributed by atoms with E-state index in [4.69, 9.17) is 44.5 Å². The molecule has 180 valence electrons. The summed E-state index contributed by atoms with van der Waals surface area (Å²) in [4.78, 5) is 19.3. The topological polar surface area (TPSA) is 54.5 Å². The molecule has 2 heterocycles. The third-order valence-electron chi connectivity index (χ3n) is 6.02. The molecule has 0 spiro atoms. The smallest absolute Gasteiger partial charge is 0.233 e. The lowest BCUT2D eigenvalue weighted by Crippen LogP contribution is -2.30. The molecule has 1 atom stereocenters. The molecule has 0 aliphatic carbocycles. The van der Waals surface area contributed by atoms with Gasteiger partial charge in [0.1, 0.15) is 11.1 Å². The number of fused-ring (bicyclic) bond motifs is 2. The van der Waals surface area contributed by atoms with Gasteiger partial charge in [0, 0.05) is 44.5 Å². The van der Waals surface area contributed by atoms with Crippen molar-refractivity contribution in [2.24, 2.45) is 0 Å². The van der Waals surface area contributed by atoms with E-state index in [1.54, 1.807) is 24.9 Å². The zero-order valence-corrected chi connectivity index (χ0v) is 21.9. The molecule has 1 N–H and O–H groups in total. The Hall–Kier alpha value is -2.38. The maximum absolute atomic E-state index is 12.6. The molecule has 9 heteroatoms. The number of rotatable bonds is 7. The number of amides is 1. The first-order valence-electron chi connectivity index (χ1n) is 11.1. The van der Waals surface area contributed by atoms with Gasteiger partial charge in [-0.15, -0.1) is 11.8 Å². The zero-order chi connectivity index (χ0) is 24.5. The van der Waals surface area contributed by atoms with Crippen LogP contribution in [-0.4, -0.2) is 41.7 Å². The summed E-state index contributed by atoms with van der Waals surface area (Å²) >= 11 is 20.3. The van der Waals surface area contributed by atoms with Gasteiger partial charge in [0.25, 0.3) is 0 Å². The molecule has 1 aliphatic heterocycles. The van der Waals surface area contributed by atoms with Crippen molar-refractivity contribution in [2.75, 3.05) is 31.3 Å². The molecule has 4 aromatic rings. The van der Waals surface area contributed by atoms with Gasteiger partial charge in [0.05, 0.1) is 29.6 Å². The second-order valence-electron chi connectivity index (χ2n) is 8.23. The molecular formula is C26H22Cl3N3O2S. The highest BCUT2D eigenvalue weighted by molar-refractivity contribution is 8.00. The van der Waals surface area contributed by atoms with Crippen molar-refractivity contribution in [3.8, 4) is 5.75 Å². The molecule has 0 saturated carbocycles. The maximum Gasteiger partial charge on any atom is 0.233 e. The van der Waals surface area contributed by atoms with Crippen LogP contribution in [0.5, 0.6) is 5.75 Å². The zero-order valence-electron chi connectivity index (χ0n) is 18.9. The quantitative estimate of drug-likeness (QED) is 0.193. The number of halogens is 3. The number of carbonyl (C=O) groups is 1. The van der Waals surface area contributed by atoms with E-state index in [9.17, 15) is 4.79 Å². The summed E-state index contributed by atoms with van der Waals surface area (Å²) in [6, 6.07) is 17.0. The van der Waals surface area contributed by atoms with E-state index in [0.717, 1.165) is 45.2 Å². The minimum Gasteiger partial charge on any atom is -0.497 e. The van der Waals surface area contributed by atoms with Gasteiger partial charge in [-0.1, -0.05) is 40.9 Å². The van der Waals surface area contributed by atoms with Crippen LogP contribution < -0.4 is 10.1 Å². The first-order valence-corrected chi connectivity index (χ1v) is 13.3. The molecule has 1 saturated heterocycles. The molecule has 35 heavy (non-hydrogen) atoms. The number of benzene rings is 3. The van der Waals surface area contributed by atoms with Crippen molar-refractivity contribution < 1.29 is 9.53 Å². The second kappa shape index (κ2) is 10.3. The van der Waals surface area contributed by atoms with E-state index < -0.39 is 0 Å². The van der Waals surface area contributed by atoms with E-state index >= 15 is 0 Å². The summed E-state index contributed by atoms with van der Waals surface area (Å²) < 4.78 is 5.44. The van der Waals surface area contributed by atoms with Gasteiger partial charge in [-0.05, 0) is 55.0 Å². The van der Waals surface area contributed by atoms with Crippen LogP contribution in [0, 0.1) is 0 Å². The van der Waals surface area contributed by atoms with Crippen molar-refractivity contribution in [3.05, 3.63) is 75.2 Å². The number of thioether (sulfide) groups is 1. The molecule has 3 aromatic carbocycles. The SMILES string of the molecule is COc1ccc2nc3cc(Cl)ccc3c(NCCCN3C(=O)CSC3c3ccc(Cl)cc3Cl)c2c1. The number of ether oxygens (including phenoxy) is 1. The minimum atomic E-state index is -0.110. The Morgan fingerprint density at radius 1 is 1.03 bits per heavy atom. The number of methoxy groups -OCH3 is 1. The summed E-state index contributed by atoms with van der Waals surface area (Å²) in [5.41, 5.74) is 3.56. The largest absolute Gasteiger partial charge is 0.497 e. The maximum atomic E-state index is 12.6. The monoisotopic (exact) mass is 545 g/mol. The van der Waals surface area contributed by atoms with Crippen LogP contribution in [0.15, 0.2) is 54.6 Å². The number of pyridine rings is 1. The van der Waals surface area contributed by atoms with Crippen molar-refractivity contribution in [2.45, 2.75) is 11.8 Å². The third-order valence-corrected chi connectivity index (χ3v) is 8.05. The van der Waals surface area contributed by atoms with Crippen LogP contribution >= 0.6 is 46.6 Å². The fourth-order valence-corrected chi connectivity index (χ4v) is 6.33. The number of carbonyl (C=O) groups excluding carboxylic acids is 1. The lowest BCUT2D eigenvalue weighted by atomic mass is 10.1. The Morgan fingerprint density at radius 2 is 1.83 bits per heavy atom. The van der Waals surface area contributed by atoms with Crippen molar-refractivity contribution in [1.29, 1.82) is 0 Å². The predicted octanol–water partition coefficient (Wildman–Crippen LogP) is 7.43. The van der Waals surface area contributed by atoms with E-state index in [1.807, 2.05) is 53.4 Å². The van der Waals surface area contributed by atoms with Crippen LogP contribution in [0.2, 0.25) is 15.1 Å². The Kier molecular flexibility index (Phi) is 7.17. The van der Waals surface area contributed by atoms with E-state index in [2.05, 4.69) is 5.32 Å². The number of nitrogens with one attached hydrogen (secondary N) is 1. The average molecular weight is 547 g/mol. The molecule has 0 radical (unpaired) electrons. The molecule has 1 unspecified atom stereocenters. The predicted molar refractivity (Wildman–Crippen MR) is 147 cm³/mol. The second-order valence-corrected chi connectivity index (χ2v) is 10.6. The molecule has 1 aliphatic rings. The van der Waals surface area contributed by atoms with Crippen LogP contribution in [0.3, 0.4) is 0 Å². The van der Waals surface area contributed by atoms with E-state index in [0.29, 0.717) is 33.9 Å². The third kappa shape index (κ3) is 4.98. The Balaban J connectivity index is 1.36. The van der Waals surface area contributed by atoms with Gasteiger partial charge >= 0.3 is 0 Å². The fraction of sp³-hybridized carbons (Fsp3) is 0.231. The Morgan fingerprint density at radius 3 is 2.63 bits per heavy atom. The average Bonchev–Trinajstić information content (AvgIpc) is 3.20. The molecule has 0 bridgehead atoms. The Bertz CT molecular complexity index is 1430. The van der Waals surface area contributed by atoms with Crippen LogP contribution in [-0.2, 0) is 4.79 Å². The number of aromatic nitrogens is 1. The summed E-state index contributed by atoms with van der Waals surface area (Å²) in [5.74, 6) is 1.32. The van der Waals surface area contributed by atoms with Crippen LogP contribution in [0.4, 0.5) is 5.69 Å². The summed E-state index contributed by atoms with van der Waals surface area (Å²) in [5, 5.41) is 7.23. The number of nitrogens with zero attached hydrogens (tertiary/aromatic N) is 2. The highest BCUT2D eigenvalue weighted by Gasteiger charge is 2.33. The van der Waals surface area contributed by atoms with Gasteiger partial charge in [-0.25, -0.2) is 4.98 Å². The van der Waals surface area contributed by atoms with Gasteiger partial charge in [-0.2, -0.15) is 0 Å². The van der Waals surface area contributed by atoms with Gasteiger partial charge in [0.2, 0.25) is 5.91 Å². The number of hydrogen-bond donors (Lipinski definition) is 1. The highest BCUT2D eigenvalue weighted by atomic mass is 35.5. The Labute approximate surface area is 222 Å². The van der Waals surface area contributed by atoms with Crippen LogP contribution in [0.25, 0.3) is 21.8 Å². The number of hydrogen-bond acceptors (Lipinski definition) is 5. The fourth-order valence-electron chi connectivity index (χ4n) is 4.33. The summed E-state index contributed by atoms with van der Waals surface area (Å²) in [6.45, 7) is 1.28. The minimum absolute atomic E-state index is 0.110. The van der Waals surface area contributed by atoms with E-state index in [1.165, 1.54) is 0 Å². The lowest BCUT2D eigenvalue weighted by molar-refractivity contribution is -0.128. The molecular weight excluding hydrogens is 525 g/mol. The van der Waals surface area contributed by atoms with Gasteiger partial charge < -0.3 is 15.0 Å². The molecule has 1 amide bonds. The van der Waals surface area contributed by atoms with Crippen LogP contribution in [0.1, 0.15) is 17.4 Å². The molecule has 5 nitrogen and oxygen atoms in total. The standard InChI is InChI=1S/C26H22Cl3N3O2S/c1-34-17-5-8-22-20(13-17)25(19-7-4-16(28)12-23(19)31-22)30-9-2-10-32-24(33)14-35-26(32)18-6-3-15(27)11-21(18)29/h3-8,11-13,26H,2,9-10,14H2,1H3,(H,30,31). The lowest BCUT2D eigenvalue weighted by Gasteiger charge is -2.25. The summed E-state index contributed by atoms with van der Waals surface area (Å²) in [6.07, 6.45) is 0.761. The van der Waals surface area contributed by atoms with Crippen molar-refractivity contribution >= 4 is 80.0 Å². The van der Waals surface area contributed by atoms with Crippen molar-refractivity contribution in [3.63, 3.8) is 0 Å². The molecule has 1 aromatic heterocycles. The first kappa shape index (κ1) is 24.3. The number of anilines is 1. The molecule has 5 rings (SSSR count).